The van der Waals surface area contributed by atoms with E-state index in [1.807, 2.05) is 0 Å². The van der Waals surface area contributed by atoms with Crippen LogP contribution >= 0.6 is 0 Å². The summed E-state index contributed by atoms with van der Waals surface area (Å²) in [6.07, 6.45) is 11.0. The summed E-state index contributed by atoms with van der Waals surface area (Å²) in [4.78, 5) is 14.0. The van der Waals surface area contributed by atoms with Gasteiger partial charge in [-0.15, -0.1) is 0 Å². The third kappa shape index (κ3) is 2.40. The number of hydrogen-bond donors (Lipinski definition) is 0. The molecule has 172 valence electrons. The highest BCUT2D eigenvalue weighted by molar-refractivity contribution is 5.91. The Morgan fingerprint density at radius 1 is 0.774 bits per heavy atom. The van der Waals surface area contributed by atoms with Crippen LogP contribution in [0, 0.1) is 39.9 Å². The molecule has 0 bridgehead atoms. The van der Waals surface area contributed by atoms with E-state index in [9.17, 15) is 4.79 Å². The normalized spacial score (nSPS) is 54.1. The average molecular weight is 431 g/mol. The number of carbonyl (C=O) groups excluding carboxylic acids is 1. The highest BCUT2D eigenvalue weighted by atomic mass is 16.7. The molecule has 5 heteroatoms. The van der Waals surface area contributed by atoms with Gasteiger partial charge >= 0.3 is 0 Å². The van der Waals surface area contributed by atoms with Crippen molar-refractivity contribution >= 4 is 5.78 Å². The molecule has 2 saturated heterocycles. The standard InChI is InChI=1S/C26H38O5/c1-22-13-17(23(2)28-9-10-29-23)3-5-19(22)20-6-4-18-14-25(30-11-12-31-25)8-7-24(18)16-26(20,24)21(27)15-22/h17-20H,3-16H2,1-2H3/t17?,18-,19?,20?,22?,24?,26?/m0/s1. The predicted octanol–water partition coefficient (Wildman–Crippen LogP) is 4.47. The van der Waals surface area contributed by atoms with Gasteiger partial charge in [0.05, 0.1) is 26.4 Å². The van der Waals surface area contributed by atoms with Crippen molar-refractivity contribution in [1.29, 1.82) is 0 Å². The van der Waals surface area contributed by atoms with Crippen molar-refractivity contribution in [2.75, 3.05) is 26.4 Å². The molecule has 7 fully saturated rings. The summed E-state index contributed by atoms with van der Waals surface area (Å²) in [5.41, 5.74) is 0.352. The van der Waals surface area contributed by atoms with Crippen LogP contribution in [0.1, 0.15) is 78.1 Å². The molecule has 7 rings (SSSR count). The van der Waals surface area contributed by atoms with Crippen LogP contribution in [0.25, 0.3) is 0 Å². The summed E-state index contributed by atoms with van der Waals surface area (Å²) in [6, 6.07) is 0. The van der Waals surface area contributed by atoms with Crippen molar-refractivity contribution in [3.05, 3.63) is 0 Å². The molecule has 7 atom stereocenters. The highest BCUT2D eigenvalue weighted by Crippen LogP contribution is 2.84. The molecular formula is C26H38O5. The predicted molar refractivity (Wildman–Crippen MR) is 113 cm³/mol. The van der Waals surface area contributed by atoms with Gasteiger partial charge < -0.3 is 18.9 Å². The minimum atomic E-state index is -0.441. The first-order valence-corrected chi connectivity index (χ1v) is 12.9. The molecule has 5 nitrogen and oxygen atoms in total. The van der Waals surface area contributed by atoms with E-state index in [4.69, 9.17) is 18.9 Å². The summed E-state index contributed by atoms with van der Waals surface area (Å²) in [7, 11) is 0. The molecule has 6 unspecified atom stereocenters. The second-order valence-electron chi connectivity index (χ2n) is 12.5. The number of Topliss-reactive ketones (excluding diaryl/α,β-unsaturated/α-hetero) is 1. The van der Waals surface area contributed by atoms with Crippen LogP contribution in [-0.2, 0) is 23.7 Å². The number of rotatable bonds is 1. The zero-order valence-corrected chi connectivity index (χ0v) is 19.3. The Hall–Kier alpha value is -0.490. The molecule has 2 heterocycles. The van der Waals surface area contributed by atoms with Crippen LogP contribution in [0.2, 0.25) is 0 Å². The molecule has 31 heavy (non-hydrogen) atoms. The Labute approximate surface area is 185 Å². The van der Waals surface area contributed by atoms with Gasteiger partial charge in [-0.25, -0.2) is 0 Å². The van der Waals surface area contributed by atoms with E-state index in [2.05, 4.69) is 13.8 Å². The second-order valence-corrected chi connectivity index (χ2v) is 12.5. The SMILES string of the molecule is CC12CC(=O)C34CC35CCC3(C[C@@H]5CCC4C1CCC(C1(C)OCCO1)C2)OCCO3. The maximum Gasteiger partial charge on any atom is 0.168 e. The molecule has 7 aliphatic rings. The molecule has 5 saturated carbocycles. The Bertz CT molecular complexity index is 798. The lowest BCUT2D eigenvalue weighted by Gasteiger charge is -2.59. The summed E-state index contributed by atoms with van der Waals surface area (Å²) in [5, 5.41) is 0. The molecular weight excluding hydrogens is 392 g/mol. The van der Waals surface area contributed by atoms with Gasteiger partial charge in [-0.1, -0.05) is 6.92 Å². The van der Waals surface area contributed by atoms with Crippen LogP contribution in [0.5, 0.6) is 0 Å². The van der Waals surface area contributed by atoms with Crippen LogP contribution in [0.4, 0.5) is 0 Å². The summed E-state index contributed by atoms with van der Waals surface area (Å²) in [6.45, 7) is 7.44. The molecule has 2 aliphatic heterocycles. The molecule has 3 spiro atoms. The number of ether oxygens (including phenoxy) is 4. The first-order chi connectivity index (χ1) is 14.9. The smallest absolute Gasteiger partial charge is 0.168 e. The number of ketones is 1. The monoisotopic (exact) mass is 430 g/mol. The fourth-order valence-corrected chi connectivity index (χ4v) is 10.1. The third-order valence-corrected chi connectivity index (χ3v) is 11.5. The van der Waals surface area contributed by atoms with E-state index in [-0.39, 0.29) is 22.0 Å². The quantitative estimate of drug-likeness (QED) is 0.614. The lowest BCUT2D eigenvalue weighted by Crippen LogP contribution is -2.57. The number of fused-ring (bicyclic) bond motifs is 2. The molecule has 0 aromatic carbocycles. The average Bonchev–Trinajstić information content (AvgIpc) is 2.99. The molecule has 5 aliphatic carbocycles. The van der Waals surface area contributed by atoms with Crippen LogP contribution in [-0.4, -0.2) is 43.8 Å². The Balaban J connectivity index is 1.16. The summed E-state index contributed by atoms with van der Waals surface area (Å²) in [5.74, 6) is 2.13. The Morgan fingerprint density at radius 2 is 1.45 bits per heavy atom. The van der Waals surface area contributed by atoms with Crippen molar-refractivity contribution in [2.24, 2.45) is 39.9 Å². The Morgan fingerprint density at radius 3 is 2.23 bits per heavy atom. The van der Waals surface area contributed by atoms with Gasteiger partial charge in [0.25, 0.3) is 0 Å². The lowest BCUT2D eigenvalue weighted by atomic mass is 9.45. The molecule has 0 N–H and O–H groups in total. The summed E-state index contributed by atoms with van der Waals surface area (Å²) >= 11 is 0. The third-order valence-electron chi connectivity index (χ3n) is 11.5. The first kappa shape index (κ1) is 19.9. The molecule has 0 amide bonds. The first-order valence-electron chi connectivity index (χ1n) is 12.9. The zero-order chi connectivity index (χ0) is 21.1. The molecule has 0 aromatic rings. The molecule has 0 aromatic heterocycles. The van der Waals surface area contributed by atoms with Crippen molar-refractivity contribution < 1.29 is 23.7 Å². The van der Waals surface area contributed by atoms with Crippen LogP contribution in [0.3, 0.4) is 0 Å². The van der Waals surface area contributed by atoms with E-state index >= 15 is 0 Å². The lowest BCUT2D eigenvalue weighted by molar-refractivity contribution is -0.220. The number of hydrogen-bond acceptors (Lipinski definition) is 5. The van der Waals surface area contributed by atoms with Gasteiger partial charge in [-0.05, 0) is 80.5 Å². The van der Waals surface area contributed by atoms with Crippen molar-refractivity contribution in [3.63, 3.8) is 0 Å². The van der Waals surface area contributed by atoms with E-state index in [1.165, 1.54) is 25.7 Å². The fraction of sp³-hybridized carbons (Fsp3) is 0.962. The van der Waals surface area contributed by atoms with E-state index in [0.29, 0.717) is 42.7 Å². The maximum absolute atomic E-state index is 14.0. The number of carbonyl (C=O) groups is 1. The van der Waals surface area contributed by atoms with E-state index < -0.39 is 5.79 Å². The largest absolute Gasteiger partial charge is 0.348 e. The molecule has 0 radical (unpaired) electrons. The van der Waals surface area contributed by atoms with Gasteiger partial charge in [0, 0.05) is 30.6 Å². The van der Waals surface area contributed by atoms with E-state index in [0.717, 1.165) is 51.7 Å². The minimum Gasteiger partial charge on any atom is -0.348 e. The maximum atomic E-state index is 14.0. The van der Waals surface area contributed by atoms with Crippen molar-refractivity contribution in [3.8, 4) is 0 Å². The Kier molecular flexibility index (Phi) is 3.95. The van der Waals surface area contributed by atoms with Gasteiger partial charge in [-0.3, -0.25) is 4.79 Å². The summed E-state index contributed by atoms with van der Waals surface area (Å²) < 4.78 is 24.3. The van der Waals surface area contributed by atoms with Gasteiger partial charge in [0.1, 0.15) is 5.78 Å². The highest BCUT2D eigenvalue weighted by Gasteiger charge is 2.82. The van der Waals surface area contributed by atoms with Crippen molar-refractivity contribution in [1.82, 2.24) is 0 Å². The van der Waals surface area contributed by atoms with Gasteiger partial charge in [0.2, 0.25) is 0 Å². The van der Waals surface area contributed by atoms with Gasteiger partial charge in [-0.2, -0.15) is 0 Å². The second kappa shape index (κ2) is 6.14. The minimum absolute atomic E-state index is 0.0165. The van der Waals surface area contributed by atoms with E-state index in [1.54, 1.807) is 0 Å². The van der Waals surface area contributed by atoms with Crippen LogP contribution in [0.15, 0.2) is 0 Å². The van der Waals surface area contributed by atoms with Crippen molar-refractivity contribution in [2.45, 2.75) is 89.6 Å². The topological polar surface area (TPSA) is 54.0 Å². The zero-order valence-electron chi connectivity index (χ0n) is 19.3. The van der Waals surface area contributed by atoms with Crippen LogP contribution < -0.4 is 0 Å². The fourth-order valence-electron chi connectivity index (χ4n) is 10.1. The van der Waals surface area contributed by atoms with Gasteiger partial charge in [0.15, 0.2) is 11.6 Å².